The zero-order valence-electron chi connectivity index (χ0n) is 11.2. The molecule has 0 aliphatic heterocycles. The number of pyridine rings is 1. The Morgan fingerprint density at radius 2 is 2.15 bits per heavy atom. The molecule has 2 heterocycles. The SMILES string of the molecule is CCCNC(c1ncc(Cl)cc1Cl)c1c(Br)cnn1C. The van der Waals surface area contributed by atoms with Crippen LogP contribution in [0, 0.1) is 0 Å². The van der Waals surface area contributed by atoms with Gasteiger partial charge in [-0.3, -0.25) is 9.67 Å². The van der Waals surface area contributed by atoms with Crippen molar-refractivity contribution in [2.45, 2.75) is 19.4 Å². The predicted molar refractivity (Wildman–Crippen MR) is 85.3 cm³/mol. The average molecular weight is 378 g/mol. The van der Waals surface area contributed by atoms with Crippen molar-refractivity contribution in [3.63, 3.8) is 0 Å². The second-order valence-electron chi connectivity index (χ2n) is 4.41. The van der Waals surface area contributed by atoms with Crippen molar-refractivity contribution in [1.82, 2.24) is 20.1 Å². The van der Waals surface area contributed by atoms with Crippen LogP contribution in [-0.4, -0.2) is 21.3 Å². The van der Waals surface area contributed by atoms with Gasteiger partial charge in [0.15, 0.2) is 0 Å². The Labute approximate surface area is 136 Å². The molecule has 0 saturated carbocycles. The highest BCUT2D eigenvalue weighted by atomic mass is 79.9. The maximum Gasteiger partial charge on any atom is 0.0948 e. The minimum absolute atomic E-state index is 0.137. The van der Waals surface area contributed by atoms with Crippen LogP contribution in [0.5, 0.6) is 0 Å². The number of rotatable bonds is 5. The van der Waals surface area contributed by atoms with Gasteiger partial charge in [0.25, 0.3) is 0 Å². The van der Waals surface area contributed by atoms with Crippen molar-refractivity contribution in [2.75, 3.05) is 6.54 Å². The van der Waals surface area contributed by atoms with Crippen LogP contribution >= 0.6 is 39.1 Å². The van der Waals surface area contributed by atoms with Crippen LogP contribution in [0.3, 0.4) is 0 Å². The lowest BCUT2D eigenvalue weighted by Gasteiger charge is -2.20. The number of nitrogens with zero attached hydrogens (tertiary/aromatic N) is 3. The fourth-order valence-electron chi connectivity index (χ4n) is 1.99. The van der Waals surface area contributed by atoms with Gasteiger partial charge in [-0.1, -0.05) is 30.1 Å². The third-order valence-electron chi connectivity index (χ3n) is 2.92. The molecule has 2 aromatic rings. The summed E-state index contributed by atoms with van der Waals surface area (Å²) in [4.78, 5) is 4.38. The lowest BCUT2D eigenvalue weighted by molar-refractivity contribution is 0.542. The van der Waals surface area contributed by atoms with Gasteiger partial charge in [0.05, 0.1) is 38.1 Å². The Kier molecular flexibility index (Phi) is 5.43. The summed E-state index contributed by atoms with van der Waals surface area (Å²) in [6.07, 6.45) is 4.38. The van der Waals surface area contributed by atoms with Crippen LogP contribution in [0.25, 0.3) is 0 Å². The Morgan fingerprint density at radius 1 is 1.40 bits per heavy atom. The van der Waals surface area contributed by atoms with Gasteiger partial charge >= 0.3 is 0 Å². The van der Waals surface area contributed by atoms with Gasteiger partial charge in [-0.25, -0.2) is 0 Å². The molecule has 0 amide bonds. The fourth-order valence-corrected chi connectivity index (χ4v) is 3.06. The minimum atomic E-state index is -0.137. The minimum Gasteiger partial charge on any atom is -0.304 e. The summed E-state index contributed by atoms with van der Waals surface area (Å²) in [7, 11) is 1.89. The van der Waals surface area contributed by atoms with Crippen molar-refractivity contribution in [1.29, 1.82) is 0 Å². The van der Waals surface area contributed by atoms with E-state index in [4.69, 9.17) is 23.2 Å². The molecule has 20 heavy (non-hydrogen) atoms. The highest BCUT2D eigenvalue weighted by molar-refractivity contribution is 9.10. The summed E-state index contributed by atoms with van der Waals surface area (Å²) >= 11 is 15.7. The van der Waals surface area contributed by atoms with E-state index < -0.39 is 0 Å². The van der Waals surface area contributed by atoms with Crippen LogP contribution in [0.2, 0.25) is 10.0 Å². The van der Waals surface area contributed by atoms with Crippen LogP contribution in [0.1, 0.15) is 30.8 Å². The predicted octanol–water partition coefficient (Wildman–Crippen LogP) is 3.97. The second-order valence-corrected chi connectivity index (χ2v) is 6.11. The van der Waals surface area contributed by atoms with Crippen molar-refractivity contribution in [2.24, 2.45) is 7.05 Å². The van der Waals surface area contributed by atoms with E-state index in [1.54, 1.807) is 18.5 Å². The molecule has 0 fully saturated rings. The number of aryl methyl sites for hydroxylation is 1. The maximum absolute atomic E-state index is 6.29. The third-order valence-corrected chi connectivity index (χ3v) is 4.04. The van der Waals surface area contributed by atoms with E-state index in [0.717, 1.165) is 28.8 Å². The molecule has 0 radical (unpaired) electrons. The van der Waals surface area contributed by atoms with Gasteiger partial charge in [0.1, 0.15) is 0 Å². The van der Waals surface area contributed by atoms with Crippen molar-refractivity contribution < 1.29 is 0 Å². The van der Waals surface area contributed by atoms with E-state index in [2.05, 4.69) is 38.3 Å². The smallest absolute Gasteiger partial charge is 0.0948 e. The van der Waals surface area contributed by atoms with Gasteiger partial charge in [-0.2, -0.15) is 5.10 Å². The van der Waals surface area contributed by atoms with E-state index in [-0.39, 0.29) is 6.04 Å². The highest BCUT2D eigenvalue weighted by Crippen LogP contribution is 2.31. The molecule has 1 N–H and O–H groups in total. The molecule has 0 aromatic carbocycles. The van der Waals surface area contributed by atoms with E-state index in [1.165, 1.54) is 0 Å². The molecule has 0 aliphatic rings. The van der Waals surface area contributed by atoms with Gasteiger partial charge < -0.3 is 5.32 Å². The summed E-state index contributed by atoms with van der Waals surface area (Å²) in [5.41, 5.74) is 1.73. The largest absolute Gasteiger partial charge is 0.304 e. The summed E-state index contributed by atoms with van der Waals surface area (Å²) in [6, 6.07) is 1.57. The Balaban J connectivity index is 2.47. The second kappa shape index (κ2) is 6.89. The topological polar surface area (TPSA) is 42.7 Å². The molecule has 7 heteroatoms. The standard InChI is InChI=1S/C13H15BrCl2N4/c1-3-4-17-12(13-9(14)7-19-20(13)2)11-10(16)5-8(15)6-18-11/h5-7,12,17H,3-4H2,1-2H3. The average Bonchev–Trinajstić information content (AvgIpc) is 2.72. The van der Waals surface area contributed by atoms with E-state index in [9.17, 15) is 0 Å². The zero-order chi connectivity index (χ0) is 14.7. The monoisotopic (exact) mass is 376 g/mol. The molecule has 0 aliphatic carbocycles. The van der Waals surface area contributed by atoms with Gasteiger partial charge in [0.2, 0.25) is 0 Å². The Hall–Kier alpha value is -0.620. The molecule has 0 bridgehead atoms. The molecule has 2 rings (SSSR count). The molecule has 0 saturated heterocycles. The quantitative estimate of drug-likeness (QED) is 0.856. The number of hydrogen-bond acceptors (Lipinski definition) is 3. The van der Waals surface area contributed by atoms with Crippen molar-refractivity contribution in [3.05, 3.63) is 44.4 Å². The van der Waals surface area contributed by atoms with Crippen molar-refractivity contribution in [3.8, 4) is 0 Å². The summed E-state index contributed by atoms with van der Waals surface area (Å²) < 4.78 is 2.73. The fraction of sp³-hybridized carbons (Fsp3) is 0.385. The molecule has 0 spiro atoms. The molecular weight excluding hydrogens is 363 g/mol. The molecule has 108 valence electrons. The molecule has 2 aromatic heterocycles. The first-order chi connectivity index (χ1) is 9.54. The lowest BCUT2D eigenvalue weighted by Crippen LogP contribution is -2.26. The van der Waals surface area contributed by atoms with Gasteiger partial charge in [-0.05, 0) is 35.0 Å². The third kappa shape index (κ3) is 3.34. The molecule has 1 unspecified atom stereocenters. The van der Waals surface area contributed by atoms with E-state index in [1.807, 2.05) is 11.7 Å². The van der Waals surface area contributed by atoms with Crippen molar-refractivity contribution >= 4 is 39.1 Å². The first-order valence-electron chi connectivity index (χ1n) is 6.26. The number of nitrogens with one attached hydrogen (secondary N) is 1. The van der Waals surface area contributed by atoms with Crippen LogP contribution in [0.15, 0.2) is 22.9 Å². The lowest BCUT2D eigenvalue weighted by atomic mass is 10.1. The summed E-state index contributed by atoms with van der Waals surface area (Å²) in [5.74, 6) is 0. The van der Waals surface area contributed by atoms with Crippen LogP contribution < -0.4 is 5.32 Å². The number of hydrogen-bond donors (Lipinski definition) is 1. The van der Waals surface area contributed by atoms with Gasteiger partial charge in [-0.15, -0.1) is 0 Å². The van der Waals surface area contributed by atoms with Crippen LogP contribution in [-0.2, 0) is 7.05 Å². The van der Waals surface area contributed by atoms with E-state index in [0.29, 0.717) is 10.0 Å². The number of halogens is 3. The normalized spacial score (nSPS) is 12.7. The summed E-state index contributed by atoms with van der Waals surface area (Å²) in [6.45, 7) is 2.96. The maximum atomic E-state index is 6.29. The molecule has 1 atom stereocenters. The molecular formula is C13H15BrCl2N4. The first-order valence-corrected chi connectivity index (χ1v) is 7.81. The van der Waals surface area contributed by atoms with E-state index >= 15 is 0 Å². The van der Waals surface area contributed by atoms with Crippen LogP contribution in [0.4, 0.5) is 0 Å². The zero-order valence-corrected chi connectivity index (χ0v) is 14.3. The Morgan fingerprint density at radius 3 is 2.70 bits per heavy atom. The van der Waals surface area contributed by atoms with Gasteiger partial charge in [0, 0.05) is 13.2 Å². The number of aromatic nitrogens is 3. The molecule has 4 nitrogen and oxygen atoms in total. The first kappa shape index (κ1) is 15.8. The Bertz CT molecular complexity index is 581. The highest BCUT2D eigenvalue weighted by Gasteiger charge is 2.23. The summed E-state index contributed by atoms with van der Waals surface area (Å²) in [5, 5.41) is 8.77.